The molecule has 2 aromatic carbocycles. The van der Waals surface area contributed by atoms with Crippen LogP contribution in [0, 0.1) is 0 Å². The molecule has 2 unspecified atom stereocenters. The van der Waals surface area contributed by atoms with Gasteiger partial charge in [-0.25, -0.2) is 8.42 Å². The summed E-state index contributed by atoms with van der Waals surface area (Å²) in [7, 11) is -3.51. The third-order valence-corrected chi connectivity index (χ3v) is 5.16. The number of benzene rings is 2. The van der Waals surface area contributed by atoms with Crippen molar-refractivity contribution in [2.24, 2.45) is 5.73 Å². The summed E-state index contributed by atoms with van der Waals surface area (Å²) in [4.78, 5) is 0. The molecular weight excluding hydrogens is 324 g/mol. The normalized spacial score (nSPS) is 14.1. The van der Waals surface area contributed by atoms with Gasteiger partial charge in [0.1, 0.15) is 0 Å². The lowest BCUT2D eigenvalue weighted by atomic mass is 10.1. The van der Waals surface area contributed by atoms with E-state index in [1.807, 2.05) is 30.3 Å². The first-order valence-electron chi connectivity index (χ1n) is 7.94. The molecule has 0 aliphatic heterocycles. The van der Waals surface area contributed by atoms with Crippen LogP contribution in [0.25, 0.3) is 0 Å². The molecule has 24 heavy (non-hydrogen) atoms. The standard InChI is InChI=1S/C18H24N2O3S/c1-14(21)16-8-11-18(12-9-16)20-24(22,23)13-17(19)10-7-15-5-3-2-4-6-15/h2-6,8-9,11-12,14,17,20-21H,7,10,13,19H2,1H3. The van der Waals surface area contributed by atoms with Crippen molar-refractivity contribution in [2.45, 2.75) is 31.9 Å². The van der Waals surface area contributed by atoms with Crippen LogP contribution < -0.4 is 10.5 Å². The van der Waals surface area contributed by atoms with Crippen molar-refractivity contribution < 1.29 is 13.5 Å². The van der Waals surface area contributed by atoms with Crippen LogP contribution in [0.5, 0.6) is 0 Å². The first kappa shape index (κ1) is 18.4. The maximum absolute atomic E-state index is 12.2. The number of rotatable bonds is 8. The maximum Gasteiger partial charge on any atom is 0.234 e. The van der Waals surface area contributed by atoms with Gasteiger partial charge in [0.2, 0.25) is 10.0 Å². The van der Waals surface area contributed by atoms with Crippen LogP contribution in [0.2, 0.25) is 0 Å². The average Bonchev–Trinajstić information content (AvgIpc) is 2.53. The smallest absolute Gasteiger partial charge is 0.234 e. The van der Waals surface area contributed by atoms with Crippen LogP contribution in [0.4, 0.5) is 5.69 Å². The third-order valence-electron chi connectivity index (χ3n) is 3.75. The summed E-state index contributed by atoms with van der Waals surface area (Å²) >= 11 is 0. The van der Waals surface area contributed by atoms with Crippen molar-refractivity contribution in [1.29, 1.82) is 0 Å². The number of nitrogens with two attached hydrogens (primary N) is 1. The highest BCUT2D eigenvalue weighted by atomic mass is 32.2. The lowest BCUT2D eigenvalue weighted by molar-refractivity contribution is 0.199. The Kier molecular flexibility index (Phi) is 6.36. The molecule has 0 spiro atoms. The van der Waals surface area contributed by atoms with Crippen LogP contribution in [0.3, 0.4) is 0 Å². The van der Waals surface area contributed by atoms with Gasteiger partial charge < -0.3 is 10.8 Å². The van der Waals surface area contributed by atoms with Gasteiger partial charge >= 0.3 is 0 Å². The van der Waals surface area contributed by atoms with E-state index in [0.717, 1.165) is 17.5 Å². The van der Waals surface area contributed by atoms with Crippen LogP contribution >= 0.6 is 0 Å². The fraction of sp³-hybridized carbons (Fsp3) is 0.333. The van der Waals surface area contributed by atoms with Crippen LogP contribution in [0.15, 0.2) is 54.6 Å². The molecule has 4 N–H and O–H groups in total. The summed E-state index contributed by atoms with van der Waals surface area (Å²) in [5, 5.41) is 9.46. The molecule has 0 amide bonds. The summed E-state index contributed by atoms with van der Waals surface area (Å²) in [5.74, 6) is -0.127. The van der Waals surface area contributed by atoms with Crippen molar-refractivity contribution in [2.75, 3.05) is 10.5 Å². The van der Waals surface area contributed by atoms with Gasteiger partial charge in [0.15, 0.2) is 0 Å². The molecule has 2 atom stereocenters. The van der Waals surface area contributed by atoms with Gasteiger partial charge in [-0.1, -0.05) is 42.5 Å². The van der Waals surface area contributed by atoms with Gasteiger partial charge in [-0.2, -0.15) is 0 Å². The van der Waals surface area contributed by atoms with Gasteiger partial charge in [0, 0.05) is 11.7 Å². The molecule has 2 aromatic rings. The van der Waals surface area contributed by atoms with Crippen LogP contribution in [-0.2, 0) is 16.4 Å². The number of anilines is 1. The lowest BCUT2D eigenvalue weighted by Crippen LogP contribution is -2.33. The molecule has 0 saturated carbocycles. The number of hydrogen-bond acceptors (Lipinski definition) is 4. The Morgan fingerprint density at radius 1 is 1.08 bits per heavy atom. The Bertz CT molecular complexity index is 729. The first-order valence-corrected chi connectivity index (χ1v) is 9.59. The number of sulfonamides is 1. The molecule has 0 fully saturated rings. The Balaban J connectivity index is 1.88. The number of hydrogen-bond donors (Lipinski definition) is 3. The zero-order valence-electron chi connectivity index (χ0n) is 13.7. The SMILES string of the molecule is CC(O)c1ccc(NS(=O)(=O)CC(N)CCc2ccccc2)cc1. The number of aryl methyl sites for hydroxylation is 1. The van der Waals surface area contributed by atoms with Gasteiger partial charge in [-0.05, 0) is 43.0 Å². The van der Waals surface area contributed by atoms with Gasteiger partial charge in [0.05, 0.1) is 11.9 Å². The van der Waals surface area contributed by atoms with Crippen molar-refractivity contribution in [3.63, 3.8) is 0 Å². The highest BCUT2D eigenvalue weighted by Crippen LogP contribution is 2.17. The van der Waals surface area contributed by atoms with Gasteiger partial charge in [0.25, 0.3) is 0 Å². The Morgan fingerprint density at radius 2 is 1.71 bits per heavy atom. The lowest BCUT2D eigenvalue weighted by Gasteiger charge is -2.14. The Labute approximate surface area is 143 Å². The van der Waals surface area contributed by atoms with E-state index in [-0.39, 0.29) is 5.75 Å². The number of nitrogens with one attached hydrogen (secondary N) is 1. The van der Waals surface area contributed by atoms with Crippen LogP contribution in [-0.4, -0.2) is 25.3 Å². The van der Waals surface area contributed by atoms with E-state index in [9.17, 15) is 13.5 Å². The number of aliphatic hydroxyl groups is 1. The molecule has 5 nitrogen and oxygen atoms in total. The van der Waals surface area contributed by atoms with E-state index in [1.54, 1.807) is 31.2 Å². The highest BCUT2D eigenvalue weighted by molar-refractivity contribution is 7.92. The zero-order chi connectivity index (χ0) is 17.6. The van der Waals surface area contributed by atoms with E-state index in [0.29, 0.717) is 12.1 Å². The molecule has 0 saturated heterocycles. The predicted molar refractivity (Wildman–Crippen MR) is 97.2 cm³/mol. The maximum atomic E-state index is 12.2. The molecular formula is C18H24N2O3S. The summed E-state index contributed by atoms with van der Waals surface area (Å²) in [5.41, 5.74) is 8.32. The fourth-order valence-corrected chi connectivity index (χ4v) is 3.72. The third kappa shape index (κ3) is 5.96. The van der Waals surface area contributed by atoms with E-state index in [4.69, 9.17) is 5.73 Å². The molecule has 130 valence electrons. The fourth-order valence-electron chi connectivity index (χ4n) is 2.41. The second-order valence-corrected chi connectivity index (χ2v) is 7.73. The van der Waals surface area contributed by atoms with Crippen molar-refractivity contribution in [3.8, 4) is 0 Å². The predicted octanol–water partition coefficient (Wildman–Crippen LogP) is 2.44. The minimum atomic E-state index is -3.51. The minimum Gasteiger partial charge on any atom is -0.389 e. The first-order chi connectivity index (χ1) is 11.4. The number of aliphatic hydroxyl groups excluding tert-OH is 1. The molecule has 0 bridgehead atoms. The van der Waals surface area contributed by atoms with Crippen LogP contribution in [0.1, 0.15) is 30.6 Å². The summed E-state index contributed by atoms with van der Waals surface area (Å²) < 4.78 is 26.9. The highest BCUT2D eigenvalue weighted by Gasteiger charge is 2.16. The van der Waals surface area contributed by atoms with E-state index in [2.05, 4.69) is 4.72 Å². The largest absolute Gasteiger partial charge is 0.389 e. The molecule has 0 aliphatic rings. The van der Waals surface area contributed by atoms with Gasteiger partial charge in [-0.3, -0.25) is 4.72 Å². The monoisotopic (exact) mass is 348 g/mol. The van der Waals surface area contributed by atoms with Crippen molar-refractivity contribution in [1.82, 2.24) is 0 Å². The van der Waals surface area contributed by atoms with E-state index < -0.39 is 22.2 Å². The zero-order valence-corrected chi connectivity index (χ0v) is 14.5. The summed E-state index contributed by atoms with van der Waals surface area (Å²) in [6, 6.07) is 16.1. The van der Waals surface area contributed by atoms with Crippen molar-refractivity contribution in [3.05, 3.63) is 65.7 Å². The quantitative estimate of drug-likeness (QED) is 0.683. The second-order valence-electron chi connectivity index (χ2n) is 5.97. The molecule has 2 rings (SSSR count). The Morgan fingerprint density at radius 3 is 2.29 bits per heavy atom. The van der Waals surface area contributed by atoms with E-state index in [1.165, 1.54) is 0 Å². The Hall–Kier alpha value is -1.89. The topological polar surface area (TPSA) is 92.4 Å². The molecule has 0 radical (unpaired) electrons. The molecule has 0 aromatic heterocycles. The molecule has 6 heteroatoms. The van der Waals surface area contributed by atoms with Crippen molar-refractivity contribution >= 4 is 15.7 Å². The minimum absolute atomic E-state index is 0.127. The van der Waals surface area contributed by atoms with Gasteiger partial charge in [-0.15, -0.1) is 0 Å². The molecule has 0 aliphatic carbocycles. The average molecular weight is 348 g/mol. The summed E-state index contributed by atoms with van der Waals surface area (Å²) in [6.45, 7) is 1.66. The van der Waals surface area contributed by atoms with E-state index >= 15 is 0 Å². The second kappa shape index (κ2) is 8.28. The molecule has 0 heterocycles. The summed E-state index contributed by atoms with van der Waals surface area (Å²) in [6.07, 6.45) is 0.772.